The molecular formula is C6H17N2O2P. The van der Waals surface area contributed by atoms with Gasteiger partial charge in [-0.15, -0.1) is 0 Å². The van der Waals surface area contributed by atoms with E-state index >= 15 is 0 Å². The molecule has 1 unspecified atom stereocenters. The Bertz CT molecular complexity index is 119. The minimum atomic E-state index is -1.92. The lowest BCUT2D eigenvalue weighted by atomic mass is 10.2. The van der Waals surface area contributed by atoms with Crippen LogP contribution in [0.4, 0.5) is 0 Å². The number of hydrogen-bond acceptors (Lipinski definition) is 4. The average Bonchev–Trinajstić information content (AvgIpc) is 1.87. The van der Waals surface area contributed by atoms with Crippen molar-refractivity contribution in [3.05, 3.63) is 0 Å². The van der Waals surface area contributed by atoms with E-state index in [-0.39, 0.29) is 6.29 Å². The summed E-state index contributed by atoms with van der Waals surface area (Å²) in [5, 5.41) is 0. The van der Waals surface area contributed by atoms with Crippen molar-refractivity contribution in [2.75, 3.05) is 12.9 Å². The van der Waals surface area contributed by atoms with Crippen LogP contribution in [0.2, 0.25) is 0 Å². The standard InChI is InChI=1S/C6H17N2O2P/c1-6(2)3-4-10-11(9)5-8-7/h6,8,11H,3-5,7H2,1-2H3. The van der Waals surface area contributed by atoms with Crippen LogP contribution < -0.4 is 11.3 Å². The fourth-order valence-electron chi connectivity index (χ4n) is 0.543. The third-order valence-corrected chi connectivity index (χ3v) is 2.22. The Morgan fingerprint density at radius 1 is 1.64 bits per heavy atom. The van der Waals surface area contributed by atoms with E-state index in [9.17, 15) is 4.57 Å². The zero-order chi connectivity index (χ0) is 8.69. The number of nitrogens with two attached hydrogens (primary N) is 1. The quantitative estimate of drug-likeness (QED) is 0.363. The highest BCUT2D eigenvalue weighted by Gasteiger charge is 1.98. The van der Waals surface area contributed by atoms with Gasteiger partial charge in [-0.2, -0.15) is 0 Å². The monoisotopic (exact) mass is 180 g/mol. The summed E-state index contributed by atoms with van der Waals surface area (Å²) < 4.78 is 15.8. The summed E-state index contributed by atoms with van der Waals surface area (Å²) in [6.07, 6.45) is 1.21. The number of hydrogen-bond donors (Lipinski definition) is 2. The molecule has 0 heterocycles. The molecule has 0 aliphatic carbocycles. The van der Waals surface area contributed by atoms with Crippen LogP contribution in [0.15, 0.2) is 0 Å². The van der Waals surface area contributed by atoms with Gasteiger partial charge in [-0.1, -0.05) is 13.8 Å². The van der Waals surface area contributed by atoms with Crippen LogP contribution in [0.3, 0.4) is 0 Å². The van der Waals surface area contributed by atoms with Gasteiger partial charge in [0.15, 0.2) is 0 Å². The van der Waals surface area contributed by atoms with Gasteiger partial charge in [0.2, 0.25) is 8.03 Å². The van der Waals surface area contributed by atoms with E-state index in [0.29, 0.717) is 12.5 Å². The van der Waals surface area contributed by atoms with E-state index in [1.165, 1.54) is 0 Å². The van der Waals surface area contributed by atoms with Crippen LogP contribution in [0.1, 0.15) is 20.3 Å². The maximum absolute atomic E-state index is 10.8. The van der Waals surface area contributed by atoms with E-state index in [2.05, 4.69) is 19.3 Å². The normalized spacial score (nSPS) is 13.8. The van der Waals surface area contributed by atoms with Crippen LogP contribution in [-0.4, -0.2) is 12.9 Å². The SMILES string of the molecule is CC(C)CCO[PH](=O)CNN. The highest BCUT2D eigenvalue weighted by Crippen LogP contribution is 2.20. The second kappa shape index (κ2) is 6.80. The number of rotatable bonds is 6. The topological polar surface area (TPSA) is 64.3 Å². The van der Waals surface area contributed by atoms with Crippen LogP contribution >= 0.6 is 8.03 Å². The Balaban J connectivity index is 3.17. The Kier molecular flexibility index (Phi) is 6.87. The molecule has 11 heavy (non-hydrogen) atoms. The van der Waals surface area contributed by atoms with Crippen molar-refractivity contribution in [1.82, 2.24) is 5.43 Å². The third-order valence-electron chi connectivity index (χ3n) is 1.20. The first-order valence-electron chi connectivity index (χ1n) is 3.76. The van der Waals surface area contributed by atoms with E-state index in [0.717, 1.165) is 6.42 Å². The Labute approximate surface area is 68.3 Å². The largest absolute Gasteiger partial charge is 0.330 e. The molecule has 0 fully saturated rings. The molecule has 4 nitrogen and oxygen atoms in total. The van der Waals surface area contributed by atoms with Gasteiger partial charge in [-0.25, -0.2) is 0 Å². The van der Waals surface area contributed by atoms with Gasteiger partial charge in [-0.05, 0) is 12.3 Å². The van der Waals surface area contributed by atoms with Crippen molar-refractivity contribution >= 4 is 8.03 Å². The molecule has 3 N–H and O–H groups in total. The first-order valence-corrected chi connectivity index (χ1v) is 5.28. The Morgan fingerprint density at radius 2 is 2.27 bits per heavy atom. The molecule has 0 aliphatic rings. The molecular weight excluding hydrogens is 163 g/mol. The van der Waals surface area contributed by atoms with Gasteiger partial charge in [0, 0.05) is 0 Å². The highest BCUT2D eigenvalue weighted by atomic mass is 31.1. The summed E-state index contributed by atoms with van der Waals surface area (Å²) in [5.74, 6) is 5.55. The molecule has 5 heteroatoms. The van der Waals surface area contributed by atoms with E-state index in [1.54, 1.807) is 0 Å². The molecule has 0 aromatic carbocycles. The molecule has 68 valence electrons. The highest BCUT2D eigenvalue weighted by molar-refractivity contribution is 7.39. The zero-order valence-electron chi connectivity index (χ0n) is 7.09. The van der Waals surface area contributed by atoms with E-state index in [1.807, 2.05) is 0 Å². The van der Waals surface area contributed by atoms with Crippen molar-refractivity contribution in [2.24, 2.45) is 11.8 Å². The first kappa shape index (κ1) is 11.1. The van der Waals surface area contributed by atoms with Gasteiger partial charge in [0.25, 0.3) is 0 Å². The van der Waals surface area contributed by atoms with E-state index < -0.39 is 8.03 Å². The van der Waals surface area contributed by atoms with Crippen molar-refractivity contribution in [1.29, 1.82) is 0 Å². The second-order valence-electron chi connectivity index (χ2n) is 2.78. The molecule has 0 radical (unpaired) electrons. The van der Waals surface area contributed by atoms with Gasteiger partial charge < -0.3 is 4.52 Å². The minimum Gasteiger partial charge on any atom is -0.330 e. The zero-order valence-corrected chi connectivity index (χ0v) is 8.09. The summed E-state index contributed by atoms with van der Waals surface area (Å²) in [7, 11) is -1.92. The lowest BCUT2D eigenvalue weighted by molar-refractivity contribution is 0.299. The summed E-state index contributed by atoms with van der Waals surface area (Å²) in [5.41, 5.74) is 2.31. The lowest BCUT2D eigenvalue weighted by Crippen LogP contribution is -2.21. The Morgan fingerprint density at radius 3 is 2.73 bits per heavy atom. The molecule has 0 saturated heterocycles. The maximum atomic E-state index is 10.8. The van der Waals surface area contributed by atoms with Crippen molar-refractivity contribution in [3.63, 3.8) is 0 Å². The van der Waals surface area contributed by atoms with E-state index in [4.69, 9.17) is 10.4 Å². The number of hydrazine groups is 1. The minimum absolute atomic E-state index is 0.267. The van der Waals surface area contributed by atoms with Crippen molar-refractivity contribution in [3.8, 4) is 0 Å². The van der Waals surface area contributed by atoms with Gasteiger partial charge >= 0.3 is 0 Å². The molecule has 0 aromatic rings. The molecule has 0 aliphatic heterocycles. The fraction of sp³-hybridized carbons (Fsp3) is 1.00. The van der Waals surface area contributed by atoms with Crippen LogP contribution in [0.5, 0.6) is 0 Å². The molecule has 0 amide bonds. The van der Waals surface area contributed by atoms with Crippen LogP contribution in [-0.2, 0) is 9.09 Å². The van der Waals surface area contributed by atoms with Gasteiger partial charge in [-0.3, -0.25) is 15.8 Å². The molecule has 1 atom stereocenters. The van der Waals surface area contributed by atoms with Crippen molar-refractivity contribution < 1.29 is 9.09 Å². The smallest absolute Gasteiger partial charge is 0.206 e. The van der Waals surface area contributed by atoms with Crippen LogP contribution in [0.25, 0.3) is 0 Å². The van der Waals surface area contributed by atoms with Gasteiger partial charge in [0.05, 0.1) is 12.9 Å². The summed E-state index contributed by atoms with van der Waals surface area (Å²) >= 11 is 0. The third kappa shape index (κ3) is 8.01. The molecule has 0 aromatic heterocycles. The average molecular weight is 180 g/mol. The second-order valence-corrected chi connectivity index (χ2v) is 4.17. The maximum Gasteiger partial charge on any atom is 0.206 e. The molecule has 0 spiro atoms. The fourth-order valence-corrected chi connectivity index (χ4v) is 1.16. The summed E-state index contributed by atoms with van der Waals surface area (Å²) in [4.78, 5) is 0. The first-order chi connectivity index (χ1) is 5.16. The molecule has 0 rings (SSSR count). The molecule has 0 saturated carbocycles. The Hall–Kier alpha value is 0.110. The predicted molar refractivity (Wildman–Crippen MR) is 46.6 cm³/mol. The molecule has 0 bridgehead atoms. The van der Waals surface area contributed by atoms with Crippen molar-refractivity contribution in [2.45, 2.75) is 20.3 Å². The lowest BCUT2D eigenvalue weighted by Gasteiger charge is -2.05. The van der Waals surface area contributed by atoms with Crippen LogP contribution in [0, 0.1) is 5.92 Å². The number of nitrogens with one attached hydrogen (secondary N) is 1. The predicted octanol–water partition coefficient (Wildman–Crippen LogP) is 0.945. The summed E-state index contributed by atoms with van der Waals surface area (Å²) in [6, 6.07) is 0. The van der Waals surface area contributed by atoms with Gasteiger partial charge in [0.1, 0.15) is 0 Å². The summed E-state index contributed by atoms with van der Waals surface area (Å²) in [6.45, 7) is 4.76.